The van der Waals surface area contributed by atoms with Crippen LogP contribution >= 0.6 is 0 Å². The molecule has 0 radical (unpaired) electrons. The monoisotopic (exact) mass is 329 g/mol. The van der Waals surface area contributed by atoms with E-state index >= 15 is 0 Å². The number of aliphatic hydroxyl groups excluding tert-OH is 1. The summed E-state index contributed by atoms with van der Waals surface area (Å²) in [7, 11) is 0. The van der Waals surface area contributed by atoms with Crippen LogP contribution in [0.5, 0.6) is 5.75 Å². The topological polar surface area (TPSA) is 61.4 Å². The van der Waals surface area contributed by atoms with Gasteiger partial charge in [-0.2, -0.15) is 5.10 Å². The lowest BCUT2D eigenvalue weighted by Crippen LogP contribution is -2.27. The molecule has 0 unspecified atom stereocenters. The van der Waals surface area contributed by atoms with Crippen LogP contribution in [0.25, 0.3) is 0 Å². The van der Waals surface area contributed by atoms with E-state index in [-0.39, 0.29) is 12.0 Å². The van der Waals surface area contributed by atoms with E-state index in [1.54, 1.807) is 0 Å². The average Bonchev–Trinajstić information content (AvgIpc) is 3.14. The highest BCUT2D eigenvalue weighted by Gasteiger charge is 2.31. The number of rotatable bonds is 7. The minimum Gasteiger partial charge on any atom is -0.492 e. The summed E-state index contributed by atoms with van der Waals surface area (Å²) in [5, 5.41) is 17.6. The molecular weight excluding hydrogens is 302 g/mol. The molecule has 0 spiro atoms. The maximum absolute atomic E-state index is 10.3. The quantitative estimate of drug-likeness (QED) is 0.817. The van der Waals surface area contributed by atoms with Crippen LogP contribution in [0.1, 0.15) is 23.9 Å². The van der Waals surface area contributed by atoms with Crippen LogP contribution < -0.4 is 4.74 Å². The van der Waals surface area contributed by atoms with Crippen molar-refractivity contribution in [2.75, 3.05) is 26.2 Å². The van der Waals surface area contributed by atoms with E-state index in [1.807, 2.05) is 25.1 Å². The third-order valence-corrected chi connectivity index (χ3v) is 4.73. The molecule has 2 N–H and O–H groups in total. The van der Waals surface area contributed by atoms with Gasteiger partial charge in [-0.3, -0.25) is 10.00 Å². The van der Waals surface area contributed by atoms with E-state index in [0.717, 1.165) is 43.1 Å². The highest BCUT2D eigenvalue weighted by molar-refractivity contribution is 5.33. The van der Waals surface area contributed by atoms with Crippen LogP contribution in [-0.4, -0.2) is 52.5 Å². The molecule has 1 aliphatic rings. The Labute approximate surface area is 143 Å². The van der Waals surface area contributed by atoms with Crippen molar-refractivity contribution in [3.05, 3.63) is 47.3 Å². The first-order valence-corrected chi connectivity index (χ1v) is 8.77. The number of aryl methyl sites for hydroxylation is 2. The standard InChI is InChI=1S/C19H27N3O2/c1-3-15-6-4-5-7-19(15)24-9-8-22-12-16(18(23)13-22)11-17-10-14(2)20-21-17/h4-7,10,16,18,23H,3,8-9,11-13H2,1-2H3,(H,20,21)/t16-,18-/m1/s1. The summed E-state index contributed by atoms with van der Waals surface area (Å²) in [5.41, 5.74) is 3.34. The fourth-order valence-electron chi connectivity index (χ4n) is 3.39. The molecule has 0 amide bonds. The summed E-state index contributed by atoms with van der Waals surface area (Å²) in [5.74, 6) is 1.22. The van der Waals surface area contributed by atoms with Gasteiger partial charge in [-0.25, -0.2) is 0 Å². The van der Waals surface area contributed by atoms with Crippen molar-refractivity contribution in [2.45, 2.75) is 32.8 Å². The van der Waals surface area contributed by atoms with Gasteiger partial charge >= 0.3 is 0 Å². The first-order chi connectivity index (χ1) is 11.7. The molecule has 1 saturated heterocycles. The minimum absolute atomic E-state index is 0.246. The van der Waals surface area contributed by atoms with Gasteiger partial charge in [-0.15, -0.1) is 0 Å². The van der Waals surface area contributed by atoms with Gasteiger partial charge in [-0.05, 0) is 37.5 Å². The second-order valence-electron chi connectivity index (χ2n) is 6.64. The number of aromatic amines is 1. The number of nitrogens with zero attached hydrogens (tertiary/aromatic N) is 2. The van der Waals surface area contributed by atoms with Gasteiger partial charge in [0.2, 0.25) is 0 Å². The van der Waals surface area contributed by atoms with Crippen molar-refractivity contribution in [3.63, 3.8) is 0 Å². The SMILES string of the molecule is CCc1ccccc1OCCN1C[C@@H](Cc2cc(C)[nH]n2)[C@H](O)C1. The van der Waals surface area contributed by atoms with Gasteiger partial charge in [0.05, 0.1) is 11.8 Å². The van der Waals surface area contributed by atoms with Crippen LogP contribution in [0.3, 0.4) is 0 Å². The summed E-state index contributed by atoms with van der Waals surface area (Å²) < 4.78 is 5.94. The zero-order valence-corrected chi connectivity index (χ0v) is 14.5. The van der Waals surface area contributed by atoms with Crippen LogP contribution in [0.15, 0.2) is 30.3 Å². The minimum atomic E-state index is -0.287. The number of ether oxygens (including phenoxy) is 1. The van der Waals surface area contributed by atoms with Crippen molar-refractivity contribution >= 4 is 0 Å². The highest BCUT2D eigenvalue weighted by atomic mass is 16.5. The number of nitrogens with one attached hydrogen (secondary N) is 1. The largest absolute Gasteiger partial charge is 0.492 e. The summed E-state index contributed by atoms with van der Waals surface area (Å²) in [6, 6.07) is 10.2. The second-order valence-corrected chi connectivity index (χ2v) is 6.64. The number of H-pyrrole nitrogens is 1. The number of aliphatic hydroxyl groups is 1. The van der Waals surface area contributed by atoms with Crippen molar-refractivity contribution in [1.29, 1.82) is 0 Å². The van der Waals surface area contributed by atoms with E-state index in [2.05, 4.69) is 34.2 Å². The highest BCUT2D eigenvalue weighted by Crippen LogP contribution is 2.22. The number of likely N-dealkylation sites (tertiary alicyclic amines) is 1. The molecule has 1 aromatic heterocycles. The lowest BCUT2D eigenvalue weighted by atomic mass is 10.0. The van der Waals surface area contributed by atoms with Crippen molar-refractivity contribution in [3.8, 4) is 5.75 Å². The predicted octanol–water partition coefficient (Wildman–Crippen LogP) is 2.19. The number of hydrogen-bond acceptors (Lipinski definition) is 4. The van der Waals surface area contributed by atoms with Crippen molar-refractivity contribution in [2.24, 2.45) is 5.92 Å². The van der Waals surface area contributed by atoms with Gasteiger partial charge in [0, 0.05) is 31.2 Å². The molecule has 24 heavy (non-hydrogen) atoms. The second kappa shape index (κ2) is 7.81. The zero-order valence-electron chi connectivity index (χ0n) is 14.5. The Balaban J connectivity index is 1.47. The fourth-order valence-corrected chi connectivity index (χ4v) is 3.39. The fraction of sp³-hybridized carbons (Fsp3) is 0.526. The van der Waals surface area contributed by atoms with Gasteiger partial charge in [-0.1, -0.05) is 25.1 Å². The van der Waals surface area contributed by atoms with Gasteiger partial charge < -0.3 is 9.84 Å². The molecule has 2 heterocycles. The molecule has 5 heteroatoms. The van der Waals surface area contributed by atoms with Gasteiger partial charge in [0.25, 0.3) is 0 Å². The summed E-state index contributed by atoms with van der Waals surface area (Å²) in [6.07, 6.45) is 1.51. The van der Waals surface area contributed by atoms with E-state index in [0.29, 0.717) is 13.2 Å². The molecule has 1 fully saturated rings. The van der Waals surface area contributed by atoms with Crippen LogP contribution in [0.2, 0.25) is 0 Å². The van der Waals surface area contributed by atoms with E-state index < -0.39 is 0 Å². The van der Waals surface area contributed by atoms with E-state index in [4.69, 9.17) is 4.74 Å². The summed E-state index contributed by atoms with van der Waals surface area (Å²) in [4.78, 5) is 2.28. The third kappa shape index (κ3) is 4.16. The normalized spacial score (nSPS) is 21.3. The molecule has 3 rings (SSSR count). The maximum Gasteiger partial charge on any atom is 0.122 e. The van der Waals surface area contributed by atoms with E-state index in [1.165, 1.54) is 5.56 Å². The number of aromatic nitrogens is 2. The van der Waals surface area contributed by atoms with Crippen molar-refractivity contribution in [1.82, 2.24) is 15.1 Å². The molecule has 1 aliphatic heterocycles. The van der Waals surface area contributed by atoms with Crippen LogP contribution in [0, 0.1) is 12.8 Å². The summed E-state index contributed by atoms with van der Waals surface area (Å²) in [6.45, 7) is 7.24. The van der Waals surface area contributed by atoms with E-state index in [9.17, 15) is 5.11 Å². The average molecular weight is 329 g/mol. The molecule has 2 atom stereocenters. The molecule has 0 saturated carbocycles. The zero-order chi connectivity index (χ0) is 16.9. The molecular formula is C19H27N3O2. The Morgan fingerprint density at radius 1 is 1.33 bits per heavy atom. The Hall–Kier alpha value is -1.85. The Bertz CT molecular complexity index is 656. The first-order valence-electron chi connectivity index (χ1n) is 8.77. The lowest BCUT2D eigenvalue weighted by molar-refractivity contribution is 0.139. The number of para-hydroxylation sites is 1. The molecule has 1 aromatic carbocycles. The Morgan fingerprint density at radius 3 is 2.92 bits per heavy atom. The maximum atomic E-state index is 10.3. The smallest absolute Gasteiger partial charge is 0.122 e. The van der Waals surface area contributed by atoms with Crippen LogP contribution in [-0.2, 0) is 12.8 Å². The number of β-amino-alcohol motifs (C(OH)–C–C–N with tert-alkyl or cyclic N) is 1. The Kier molecular flexibility index (Phi) is 5.53. The molecule has 2 aromatic rings. The first kappa shape index (κ1) is 17.0. The number of benzene rings is 1. The van der Waals surface area contributed by atoms with Crippen LogP contribution in [0.4, 0.5) is 0 Å². The molecule has 5 nitrogen and oxygen atoms in total. The number of hydrogen-bond donors (Lipinski definition) is 2. The Morgan fingerprint density at radius 2 is 2.17 bits per heavy atom. The summed E-state index contributed by atoms with van der Waals surface area (Å²) >= 11 is 0. The molecule has 0 bridgehead atoms. The third-order valence-electron chi connectivity index (χ3n) is 4.73. The lowest BCUT2D eigenvalue weighted by Gasteiger charge is -2.17. The van der Waals surface area contributed by atoms with Gasteiger partial charge in [0.1, 0.15) is 12.4 Å². The molecule has 0 aliphatic carbocycles. The predicted molar refractivity (Wildman–Crippen MR) is 94.3 cm³/mol. The van der Waals surface area contributed by atoms with Gasteiger partial charge in [0.15, 0.2) is 0 Å². The molecule has 130 valence electrons. The van der Waals surface area contributed by atoms with Crippen molar-refractivity contribution < 1.29 is 9.84 Å².